The minimum absolute atomic E-state index is 0.640. The lowest BCUT2D eigenvalue weighted by Crippen LogP contribution is -2.34. The molecule has 1 atom stereocenters. The smallest absolute Gasteiger partial charge is 0.0305 e. The molecule has 0 radical (unpaired) electrons. The van der Waals surface area contributed by atoms with Crippen molar-refractivity contribution in [2.24, 2.45) is 0 Å². The molecular weight excluding hydrogens is 250 g/mol. The zero-order valence-corrected chi connectivity index (χ0v) is 12.3. The third kappa shape index (κ3) is 2.90. The maximum atomic E-state index is 3.75. The molecule has 0 saturated heterocycles. The van der Waals surface area contributed by atoms with Crippen LogP contribution in [0.2, 0.25) is 0 Å². The standard InChI is InChI=1S/C17H21NS/c1-2-13-9-10-19-17(13)12-18-16-8-7-14-5-3-4-6-15(14)11-16/h3-6,9-10,16,18H,2,7-8,11-12H2,1H3. The Balaban J connectivity index is 1.61. The molecule has 2 heteroatoms. The molecule has 0 fully saturated rings. The van der Waals surface area contributed by atoms with E-state index in [1.165, 1.54) is 35.3 Å². The number of thiophene rings is 1. The molecule has 3 rings (SSSR count). The summed E-state index contributed by atoms with van der Waals surface area (Å²) in [6, 6.07) is 11.8. The highest BCUT2D eigenvalue weighted by atomic mass is 32.1. The second-order valence-corrected chi connectivity index (χ2v) is 6.31. The first-order valence-electron chi connectivity index (χ1n) is 7.22. The predicted molar refractivity (Wildman–Crippen MR) is 82.8 cm³/mol. The van der Waals surface area contributed by atoms with Crippen molar-refractivity contribution < 1.29 is 0 Å². The van der Waals surface area contributed by atoms with Crippen molar-refractivity contribution in [3.8, 4) is 0 Å². The Morgan fingerprint density at radius 1 is 1.21 bits per heavy atom. The summed E-state index contributed by atoms with van der Waals surface area (Å²) in [6.45, 7) is 3.27. The van der Waals surface area contributed by atoms with Gasteiger partial charge in [-0.2, -0.15) is 0 Å². The van der Waals surface area contributed by atoms with Gasteiger partial charge < -0.3 is 5.32 Å². The first kappa shape index (κ1) is 12.9. The van der Waals surface area contributed by atoms with Crippen LogP contribution in [0.4, 0.5) is 0 Å². The second-order valence-electron chi connectivity index (χ2n) is 5.31. The van der Waals surface area contributed by atoms with Crippen molar-refractivity contribution in [1.82, 2.24) is 5.32 Å². The fourth-order valence-electron chi connectivity index (χ4n) is 2.95. The molecule has 1 nitrogen and oxygen atoms in total. The van der Waals surface area contributed by atoms with E-state index in [2.05, 4.69) is 48.0 Å². The molecule has 1 aromatic heterocycles. The molecule has 0 aliphatic heterocycles. The van der Waals surface area contributed by atoms with Crippen molar-refractivity contribution in [2.75, 3.05) is 0 Å². The molecular formula is C17H21NS. The lowest BCUT2D eigenvalue weighted by Gasteiger charge is -2.25. The topological polar surface area (TPSA) is 12.0 Å². The molecule has 0 spiro atoms. The third-order valence-corrected chi connectivity index (χ3v) is 5.08. The molecule has 19 heavy (non-hydrogen) atoms. The van der Waals surface area contributed by atoms with Crippen LogP contribution in [0.15, 0.2) is 35.7 Å². The van der Waals surface area contributed by atoms with Gasteiger partial charge in [0.25, 0.3) is 0 Å². The average molecular weight is 271 g/mol. The van der Waals surface area contributed by atoms with Crippen LogP contribution in [0.3, 0.4) is 0 Å². The van der Waals surface area contributed by atoms with Gasteiger partial charge in [-0.05, 0) is 53.8 Å². The Kier molecular flexibility index (Phi) is 4.00. The maximum absolute atomic E-state index is 3.75. The Hall–Kier alpha value is -1.12. The van der Waals surface area contributed by atoms with E-state index in [1.54, 1.807) is 5.56 Å². The number of rotatable bonds is 4. The minimum Gasteiger partial charge on any atom is -0.309 e. The van der Waals surface area contributed by atoms with E-state index in [4.69, 9.17) is 0 Å². The highest BCUT2D eigenvalue weighted by Gasteiger charge is 2.17. The summed E-state index contributed by atoms with van der Waals surface area (Å²) in [6.07, 6.45) is 4.82. The number of nitrogens with one attached hydrogen (secondary N) is 1. The number of aryl methyl sites for hydroxylation is 2. The van der Waals surface area contributed by atoms with Crippen molar-refractivity contribution in [1.29, 1.82) is 0 Å². The Morgan fingerprint density at radius 2 is 2.05 bits per heavy atom. The van der Waals surface area contributed by atoms with Crippen molar-refractivity contribution >= 4 is 11.3 Å². The number of hydrogen-bond acceptors (Lipinski definition) is 2. The maximum Gasteiger partial charge on any atom is 0.0305 e. The summed E-state index contributed by atoms with van der Waals surface area (Å²) in [5, 5.41) is 5.96. The van der Waals surface area contributed by atoms with Crippen LogP contribution in [0.1, 0.15) is 34.9 Å². The van der Waals surface area contributed by atoms with Crippen molar-refractivity contribution in [3.63, 3.8) is 0 Å². The molecule has 0 bridgehead atoms. The van der Waals surface area contributed by atoms with E-state index >= 15 is 0 Å². The van der Waals surface area contributed by atoms with E-state index in [1.807, 2.05) is 11.3 Å². The van der Waals surface area contributed by atoms with Crippen LogP contribution in [0.5, 0.6) is 0 Å². The monoisotopic (exact) mass is 271 g/mol. The fourth-order valence-corrected chi connectivity index (χ4v) is 3.87. The van der Waals surface area contributed by atoms with Crippen LogP contribution in [-0.2, 0) is 25.8 Å². The molecule has 2 aromatic rings. The number of fused-ring (bicyclic) bond motifs is 1. The van der Waals surface area contributed by atoms with E-state index in [9.17, 15) is 0 Å². The molecule has 100 valence electrons. The first-order chi connectivity index (χ1) is 9.36. The van der Waals surface area contributed by atoms with E-state index in [0.717, 1.165) is 13.0 Å². The van der Waals surface area contributed by atoms with Crippen LogP contribution >= 0.6 is 11.3 Å². The summed E-state index contributed by atoms with van der Waals surface area (Å²) in [5.41, 5.74) is 4.59. The van der Waals surface area contributed by atoms with E-state index < -0.39 is 0 Å². The van der Waals surface area contributed by atoms with Crippen LogP contribution in [0.25, 0.3) is 0 Å². The summed E-state index contributed by atoms with van der Waals surface area (Å²) in [7, 11) is 0. The van der Waals surface area contributed by atoms with Gasteiger partial charge in [-0.25, -0.2) is 0 Å². The van der Waals surface area contributed by atoms with Crippen molar-refractivity contribution in [3.05, 3.63) is 57.3 Å². The normalized spacial score (nSPS) is 18.3. The zero-order chi connectivity index (χ0) is 13.1. The minimum atomic E-state index is 0.640. The lowest BCUT2D eigenvalue weighted by molar-refractivity contribution is 0.459. The van der Waals surface area contributed by atoms with Crippen LogP contribution in [0, 0.1) is 0 Å². The largest absolute Gasteiger partial charge is 0.309 e. The van der Waals surface area contributed by atoms with E-state index in [-0.39, 0.29) is 0 Å². The van der Waals surface area contributed by atoms with Gasteiger partial charge in [-0.1, -0.05) is 31.2 Å². The SMILES string of the molecule is CCc1ccsc1CNC1CCc2ccccc2C1. The van der Waals surface area contributed by atoms with Gasteiger partial charge in [0.2, 0.25) is 0 Å². The molecule has 1 heterocycles. The number of benzene rings is 1. The zero-order valence-electron chi connectivity index (χ0n) is 11.5. The predicted octanol–water partition coefficient (Wildman–Crippen LogP) is 3.96. The summed E-state index contributed by atoms with van der Waals surface area (Å²) >= 11 is 1.89. The molecule has 1 aliphatic rings. The highest BCUT2D eigenvalue weighted by molar-refractivity contribution is 7.10. The summed E-state index contributed by atoms with van der Waals surface area (Å²) in [4.78, 5) is 1.52. The Bertz CT molecular complexity index is 544. The highest BCUT2D eigenvalue weighted by Crippen LogP contribution is 2.22. The van der Waals surface area contributed by atoms with Gasteiger partial charge in [0, 0.05) is 17.5 Å². The Morgan fingerprint density at radius 3 is 2.89 bits per heavy atom. The third-order valence-electron chi connectivity index (χ3n) is 4.12. The van der Waals surface area contributed by atoms with Gasteiger partial charge in [0.1, 0.15) is 0 Å². The van der Waals surface area contributed by atoms with E-state index in [0.29, 0.717) is 6.04 Å². The lowest BCUT2D eigenvalue weighted by atomic mass is 9.88. The molecule has 1 unspecified atom stereocenters. The van der Waals surface area contributed by atoms with Crippen LogP contribution < -0.4 is 5.32 Å². The van der Waals surface area contributed by atoms with Crippen LogP contribution in [-0.4, -0.2) is 6.04 Å². The molecule has 1 aliphatic carbocycles. The fraction of sp³-hybridized carbons (Fsp3) is 0.412. The average Bonchev–Trinajstić information content (AvgIpc) is 2.92. The second kappa shape index (κ2) is 5.89. The van der Waals surface area contributed by atoms with Gasteiger partial charge in [0.05, 0.1) is 0 Å². The summed E-state index contributed by atoms with van der Waals surface area (Å²) < 4.78 is 0. The van der Waals surface area contributed by atoms with Gasteiger partial charge in [-0.3, -0.25) is 0 Å². The Labute approximate surface area is 119 Å². The molecule has 1 N–H and O–H groups in total. The molecule has 0 amide bonds. The van der Waals surface area contributed by atoms with Gasteiger partial charge in [0.15, 0.2) is 0 Å². The van der Waals surface area contributed by atoms with Gasteiger partial charge >= 0.3 is 0 Å². The molecule has 1 aromatic carbocycles. The quantitative estimate of drug-likeness (QED) is 0.887. The summed E-state index contributed by atoms with van der Waals surface area (Å²) in [5.74, 6) is 0. The first-order valence-corrected chi connectivity index (χ1v) is 8.10. The van der Waals surface area contributed by atoms with Gasteiger partial charge in [-0.15, -0.1) is 11.3 Å². The molecule has 0 saturated carbocycles. The number of hydrogen-bond donors (Lipinski definition) is 1. The van der Waals surface area contributed by atoms with Crippen molar-refractivity contribution in [2.45, 2.75) is 45.2 Å².